The third-order valence-corrected chi connectivity index (χ3v) is 5.48. The predicted octanol–water partition coefficient (Wildman–Crippen LogP) is 3.88. The number of hydrogen-bond acceptors (Lipinski definition) is 4. The van der Waals surface area contributed by atoms with Gasteiger partial charge < -0.3 is 9.80 Å². The van der Waals surface area contributed by atoms with Gasteiger partial charge in [-0.1, -0.05) is 24.3 Å². The van der Waals surface area contributed by atoms with E-state index in [2.05, 4.69) is 48.2 Å². The van der Waals surface area contributed by atoms with Crippen LogP contribution in [0.2, 0.25) is 0 Å². The highest BCUT2D eigenvalue weighted by Crippen LogP contribution is 2.33. The fourth-order valence-electron chi connectivity index (χ4n) is 3.37. The van der Waals surface area contributed by atoms with Crippen molar-refractivity contribution in [1.82, 2.24) is 14.8 Å². The maximum atomic E-state index is 13.0. The largest absolute Gasteiger partial charge is 0.331 e. The van der Waals surface area contributed by atoms with Gasteiger partial charge in [-0.3, -0.25) is 4.79 Å². The number of aryl methyl sites for hydroxylation is 1. The van der Waals surface area contributed by atoms with Crippen LogP contribution in [0.25, 0.3) is 0 Å². The van der Waals surface area contributed by atoms with Crippen LogP contribution in [-0.2, 0) is 6.54 Å². The fraction of sp³-hybridized carbons (Fsp3) is 0.474. The molecule has 0 N–H and O–H groups in total. The third-order valence-electron chi connectivity index (χ3n) is 4.57. The van der Waals surface area contributed by atoms with E-state index in [0.717, 1.165) is 36.5 Å². The lowest BCUT2D eigenvalue weighted by Gasteiger charge is -2.36. The number of piperidine rings is 1. The van der Waals surface area contributed by atoms with Gasteiger partial charge in [-0.05, 0) is 51.4 Å². The zero-order valence-corrected chi connectivity index (χ0v) is 15.5. The van der Waals surface area contributed by atoms with Gasteiger partial charge in [0.2, 0.25) is 0 Å². The summed E-state index contributed by atoms with van der Waals surface area (Å²) >= 11 is 1.45. The molecule has 1 saturated heterocycles. The highest BCUT2D eigenvalue weighted by Gasteiger charge is 2.30. The summed E-state index contributed by atoms with van der Waals surface area (Å²) in [7, 11) is 4.15. The van der Waals surface area contributed by atoms with Crippen LogP contribution in [0, 0.1) is 6.92 Å². The van der Waals surface area contributed by atoms with Gasteiger partial charge in [0.05, 0.1) is 17.2 Å². The Kier molecular flexibility index (Phi) is 5.31. The fourth-order valence-corrected chi connectivity index (χ4v) is 4.13. The predicted molar refractivity (Wildman–Crippen MR) is 98.3 cm³/mol. The standard InChI is InChI=1S/C19H25N3OS/c1-14-18(24-13-20-14)19(23)22-11-5-4-6-17(22)16-9-7-15(8-10-16)12-21(2)3/h7-10,13,17H,4-6,11-12H2,1-3H3. The summed E-state index contributed by atoms with van der Waals surface area (Å²) in [4.78, 5) is 22.2. The summed E-state index contributed by atoms with van der Waals surface area (Å²) in [5.74, 6) is 0.136. The van der Waals surface area contributed by atoms with Crippen molar-refractivity contribution in [2.45, 2.75) is 38.8 Å². The maximum Gasteiger partial charge on any atom is 0.266 e. The summed E-state index contributed by atoms with van der Waals surface area (Å²) in [5, 5.41) is 0. The van der Waals surface area contributed by atoms with Gasteiger partial charge in [0.15, 0.2) is 0 Å². The van der Waals surface area contributed by atoms with Gasteiger partial charge >= 0.3 is 0 Å². The van der Waals surface area contributed by atoms with Gasteiger partial charge in [0.1, 0.15) is 4.88 Å². The number of hydrogen-bond donors (Lipinski definition) is 0. The summed E-state index contributed by atoms with van der Waals surface area (Å²) < 4.78 is 0. The minimum absolute atomic E-state index is 0.136. The van der Waals surface area contributed by atoms with Crippen LogP contribution < -0.4 is 0 Å². The molecule has 0 saturated carbocycles. The number of aromatic nitrogens is 1. The van der Waals surface area contributed by atoms with Crippen LogP contribution in [0.4, 0.5) is 0 Å². The Labute approximate surface area is 148 Å². The SMILES string of the molecule is Cc1ncsc1C(=O)N1CCCCC1c1ccc(CN(C)C)cc1. The molecule has 2 heterocycles. The Morgan fingerprint density at radius 1 is 1.29 bits per heavy atom. The lowest BCUT2D eigenvalue weighted by molar-refractivity contribution is 0.0615. The number of benzene rings is 1. The zero-order valence-electron chi connectivity index (χ0n) is 14.7. The minimum atomic E-state index is 0.136. The first kappa shape index (κ1) is 17.1. The van der Waals surface area contributed by atoms with E-state index in [1.54, 1.807) is 5.51 Å². The van der Waals surface area contributed by atoms with E-state index in [4.69, 9.17) is 0 Å². The molecule has 5 heteroatoms. The van der Waals surface area contributed by atoms with E-state index in [0.29, 0.717) is 0 Å². The molecule has 2 aromatic rings. The highest BCUT2D eigenvalue weighted by molar-refractivity contribution is 7.11. The highest BCUT2D eigenvalue weighted by atomic mass is 32.1. The molecule has 4 nitrogen and oxygen atoms in total. The van der Waals surface area contributed by atoms with Crippen molar-refractivity contribution in [2.75, 3.05) is 20.6 Å². The molecule has 0 bridgehead atoms. The number of carbonyl (C=O) groups is 1. The molecule has 3 rings (SSSR count). The number of rotatable bonds is 4. The van der Waals surface area contributed by atoms with Crippen molar-refractivity contribution in [3.63, 3.8) is 0 Å². The second kappa shape index (κ2) is 7.45. The van der Waals surface area contributed by atoms with E-state index in [1.165, 1.54) is 28.9 Å². The molecule has 1 fully saturated rings. The van der Waals surface area contributed by atoms with Crippen LogP contribution in [0.1, 0.15) is 51.8 Å². The maximum absolute atomic E-state index is 13.0. The average molecular weight is 343 g/mol. The van der Waals surface area contributed by atoms with Crippen molar-refractivity contribution in [2.24, 2.45) is 0 Å². The molecule has 128 valence electrons. The van der Waals surface area contributed by atoms with Crippen molar-refractivity contribution >= 4 is 17.2 Å². The second-order valence-electron chi connectivity index (χ2n) is 6.76. The Morgan fingerprint density at radius 3 is 2.67 bits per heavy atom. The monoisotopic (exact) mass is 343 g/mol. The van der Waals surface area contributed by atoms with Gasteiger partial charge in [0, 0.05) is 13.1 Å². The lowest BCUT2D eigenvalue weighted by Crippen LogP contribution is -2.38. The normalized spacial score (nSPS) is 18.2. The molecule has 1 aliphatic rings. The lowest BCUT2D eigenvalue weighted by atomic mass is 9.94. The van der Waals surface area contributed by atoms with E-state index < -0.39 is 0 Å². The summed E-state index contributed by atoms with van der Waals surface area (Å²) in [6.45, 7) is 3.69. The van der Waals surface area contributed by atoms with E-state index >= 15 is 0 Å². The molecule has 0 spiro atoms. The van der Waals surface area contributed by atoms with Gasteiger partial charge in [-0.15, -0.1) is 11.3 Å². The first-order chi connectivity index (χ1) is 11.6. The van der Waals surface area contributed by atoms with Gasteiger partial charge in [0.25, 0.3) is 5.91 Å². The number of thiazole rings is 1. The Balaban J connectivity index is 1.82. The minimum Gasteiger partial charge on any atom is -0.331 e. The van der Waals surface area contributed by atoms with Crippen LogP contribution in [0.3, 0.4) is 0 Å². The summed E-state index contributed by atoms with van der Waals surface area (Å²) in [5.41, 5.74) is 5.15. The Morgan fingerprint density at radius 2 is 2.04 bits per heavy atom. The van der Waals surface area contributed by atoms with Crippen LogP contribution in [0.15, 0.2) is 29.8 Å². The molecule has 24 heavy (non-hydrogen) atoms. The molecule has 1 aromatic carbocycles. The summed E-state index contributed by atoms with van der Waals surface area (Å²) in [6, 6.07) is 8.93. The summed E-state index contributed by atoms with van der Waals surface area (Å²) in [6.07, 6.45) is 3.30. The Bertz CT molecular complexity index is 693. The third kappa shape index (κ3) is 3.68. The zero-order chi connectivity index (χ0) is 17.1. The first-order valence-corrected chi connectivity index (χ1v) is 9.39. The second-order valence-corrected chi connectivity index (χ2v) is 7.61. The van der Waals surface area contributed by atoms with E-state index in [1.807, 2.05) is 11.8 Å². The smallest absolute Gasteiger partial charge is 0.266 e. The van der Waals surface area contributed by atoms with Gasteiger partial charge in [-0.2, -0.15) is 0 Å². The molecule has 0 radical (unpaired) electrons. The van der Waals surface area contributed by atoms with E-state index in [9.17, 15) is 4.79 Å². The molecule has 1 unspecified atom stereocenters. The molecule has 1 atom stereocenters. The number of nitrogens with zero attached hydrogens (tertiary/aromatic N) is 3. The molecule has 1 amide bonds. The molecule has 1 aliphatic heterocycles. The van der Waals surface area contributed by atoms with Crippen LogP contribution in [0.5, 0.6) is 0 Å². The van der Waals surface area contributed by atoms with Gasteiger partial charge in [-0.25, -0.2) is 4.98 Å². The van der Waals surface area contributed by atoms with Crippen molar-refractivity contribution in [3.8, 4) is 0 Å². The molecular formula is C19H25N3OS. The molecule has 1 aromatic heterocycles. The molecular weight excluding hydrogens is 318 g/mol. The topological polar surface area (TPSA) is 36.4 Å². The van der Waals surface area contributed by atoms with Crippen molar-refractivity contribution in [1.29, 1.82) is 0 Å². The number of likely N-dealkylation sites (tertiary alicyclic amines) is 1. The number of carbonyl (C=O) groups excluding carboxylic acids is 1. The van der Waals surface area contributed by atoms with Crippen molar-refractivity contribution in [3.05, 3.63) is 51.5 Å². The average Bonchev–Trinajstić information content (AvgIpc) is 3.00. The van der Waals surface area contributed by atoms with Crippen molar-refractivity contribution < 1.29 is 4.79 Å². The Hall–Kier alpha value is -1.72. The van der Waals surface area contributed by atoms with Crippen LogP contribution in [-0.4, -0.2) is 41.3 Å². The quantitative estimate of drug-likeness (QED) is 0.845. The van der Waals surface area contributed by atoms with E-state index in [-0.39, 0.29) is 11.9 Å². The first-order valence-electron chi connectivity index (χ1n) is 8.51. The van der Waals surface area contributed by atoms with Crippen LogP contribution >= 0.6 is 11.3 Å². The molecule has 0 aliphatic carbocycles. The number of amides is 1.